The molecule has 12 nitrogen and oxygen atoms in total. The van der Waals surface area contributed by atoms with Crippen molar-refractivity contribution >= 4 is 88.7 Å². The number of nitrogens with zero attached hydrogens (tertiary/aromatic N) is 3. The number of halogens is 1. The van der Waals surface area contributed by atoms with E-state index in [-0.39, 0.29) is 59.6 Å². The first-order chi connectivity index (χ1) is 23.6. The van der Waals surface area contributed by atoms with Crippen LogP contribution >= 0.6 is 11.6 Å². The predicted octanol–water partition coefficient (Wildman–Crippen LogP) is 5.11. The zero-order chi connectivity index (χ0) is 37.6. The van der Waals surface area contributed by atoms with Gasteiger partial charge in [0.25, 0.3) is 20.2 Å². The van der Waals surface area contributed by atoms with Crippen LogP contribution in [0.25, 0.3) is 0 Å². The molecule has 52 heavy (non-hydrogen) atoms. The molecule has 0 saturated carbocycles. The molecule has 4 aliphatic rings. The molecule has 17 heteroatoms. The Balaban J connectivity index is 0.00000605. The summed E-state index contributed by atoms with van der Waals surface area (Å²) in [5.74, 6) is -0.0624. The van der Waals surface area contributed by atoms with Crippen LogP contribution in [-0.4, -0.2) is 114 Å². The third-order valence-corrected chi connectivity index (χ3v) is 12.6. The van der Waals surface area contributed by atoms with Gasteiger partial charge in [-0.25, -0.2) is 13.4 Å². The maximum absolute atomic E-state index is 11.9. The van der Waals surface area contributed by atoms with Gasteiger partial charge in [-0.3, -0.25) is 9.11 Å². The Labute approximate surface area is 333 Å². The fourth-order valence-corrected chi connectivity index (χ4v) is 8.71. The average molecular weight is 804 g/mol. The molecule has 5 rings (SSSR count). The zero-order valence-corrected chi connectivity index (χ0v) is 32.0. The van der Waals surface area contributed by atoms with E-state index in [0.717, 1.165) is 46.8 Å². The van der Waals surface area contributed by atoms with E-state index in [4.69, 9.17) is 21.1 Å². The molecule has 0 spiro atoms. The van der Waals surface area contributed by atoms with Gasteiger partial charge >= 0.3 is 29.6 Å². The number of aliphatic imine (C=N–C) groups is 1. The van der Waals surface area contributed by atoms with Crippen molar-refractivity contribution in [1.29, 1.82) is 0 Å². The second kappa shape index (κ2) is 15.9. The summed E-state index contributed by atoms with van der Waals surface area (Å²) in [5, 5.41) is 0.592. The van der Waals surface area contributed by atoms with Crippen molar-refractivity contribution < 1.29 is 43.5 Å². The number of allylic oxidation sites excluding steroid dienone is 10. The molecule has 0 bridgehead atoms. The number of amidine groups is 1. The van der Waals surface area contributed by atoms with E-state index in [9.17, 15) is 34.4 Å². The third kappa shape index (κ3) is 9.54. The minimum atomic E-state index is -4.71. The van der Waals surface area contributed by atoms with Crippen LogP contribution < -0.4 is 0 Å². The number of fused-ring (bicyclic) bond motifs is 2. The van der Waals surface area contributed by atoms with Gasteiger partial charge in [0.2, 0.25) is 5.69 Å². The molecule has 1 aliphatic carbocycles. The summed E-state index contributed by atoms with van der Waals surface area (Å²) in [5.41, 5.74) is 4.41. The Morgan fingerprint density at radius 2 is 1.63 bits per heavy atom. The van der Waals surface area contributed by atoms with Crippen LogP contribution in [0, 0.1) is 5.41 Å². The molecule has 0 aromatic heterocycles. The molecule has 3 heterocycles. The standard InChI is InChI=1S/C35H42ClN3O9S3.Na.H/c1-34(2)27-11-6-18-38(19-7-21-49(40,41)42)33(27)37-30(34)16-12-24-9-5-10-25(32(24)36)13-17-31-35(3,4)28-23-26(51(46,47)48)14-15-29(28)39(31)20-8-22-50(43,44)45;;/h6,11-18,23H,5,7-10,19-22H2,1-4H3,(H2-,40,41,42,43,44,45,46,47,48);;. The minimum absolute atomic E-state index is 0. The summed E-state index contributed by atoms with van der Waals surface area (Å²) in [7, 11) is -13.0. The molecular weight excluding hydrogens is 761 g/mol. The van der Waals surface area contributed by atoms with Crippen LogP contribution in [-0.2, 0) is 35.8 Å². The molecule has 0 saturated heterocycles. The van der Waals surface area contributed by atoms with Crippen molar-refractivity contribution in [3.8, 4) is 0 Å². The number of benzene rings is 1. The van der Waals surface area contributed by atoms with Crippen molar-refractivity contribution in [1.82, 2.24) is 4.90 Å². The maximum atomic E-state index is 11.9. The molecule has 0 fully saturated rings. The van der Waals surface area contributed by atoms with Crippen LogP contribution in [0.2, 0.25) is 0 Å². The van der Waals surface area contributed by atoms with Crippen molar-refractivity contribution in [2.24, 2.45) is 10.4 Å². The summed E-state index contributed by atoms with van der Waals surface area (Å²) >= 11 is 7.01. The zero-order valence-electron chi connectivity index (χ0n) is 28.8. The van der Waals surface area contributed by atoms with Gasteiger partial charge in [-0.2, -0.15) is 21.4 Å². The van der Waals surface area contributed by atoms with Crippen LogP contribution in [0.5, 0.6) is 0 Å². The molecule has 0 radical (unpaired) electrons. The van der Waals surface area contributed by atoms with Gasteiger partial charge in [-0.05, 0) is 75.0 Å². The molecular formula is C35H43ClN3NaO9S3. The molecule has 0 atom stereocenters. The molecule has 1 aromatic carbocycles. The first-order valence-corrected chi connectivity index (χ1v) is 21.5. The normalized spacial score (nSPS) is 21.5. The topological polar surface area (TPSA) is 185 Å². The van der Waals surface area contributed by atoms with Crippen LogP contribution in [0.4, 0.5) is 5.69 Å². The Kier molecular flexibility index (Phi) is 13.0. The molecule has 1 aromatic rings. The van der Waals surface area contributed by atoms with Gasteiger partial charge in [0.15, 0.2) is 5.71 Å². The fraction of sp³-hybridized carbons (Fsp3) is 0.429. The van der Waals surface area contributed by atoms with E-state index >= 15 is 0 Å². The van der Waals surface area contributed by atoms with Crippen LogP contribution in [0.3, 0.4) is 0 Å². The van der Waals surface area contributed by atoms with Gasteiger partial charge in [-0.15, -0.1) is 0 Å². The molecule has 2 N–H and O–H groups in total. The van der Waals surface area contributed by atoms with E-state index in [1.165, 1.54) is 12.1 Å². The number of hydrogen-bond donors (Lipinski definition) is 2. The van der Waals surface area contributed by atoms with Gasteiger partial charge in [0.05, 0.1) is 27.5 Å². The Bertz CT molecular complexity index is 2230. The Hall–Kier alpha value is -2.18. The third-order valence-electron chi connectivity index (χ3n) is 9.66. The van der Waals surface area contributed by atoms with Crippen molar-refractivity contribution in [3.05, 3.63) is 93.9 Å². The summed E-state index contributed by atoms with van der Waals surface area (Å²) in [4.78, 5) is 6.45. The van der Waals surface area contributed by atoms with Crippen LogP contribution in [0.1, 0.15) is 65.4 Å². The monoisotopic (exact) mass is 803 g/mol. The summed E-state index contributed by atoms with van der Waals surface area (Å²) < 4.78 is 101. The quantitative estimate of drug-likeness (QED) is 0.164. The van der Waals surface area contributed by atoms with Gasteiger partial charge < -0.3 is 9.45 Å². The summed E-state index contributed by atoms with van der Waals surface area (Å²) in [6, 6.07) is 4.15. The van der Waals surface area contributed by atoms with E-state index in [2.05, 4.69) is 13.8 Å². The Morgan fingerprint density at radius 1 is 0.962 bits per heavy atom. The average Bonchev–Trinajstić information content (AvgIpc) is 3.39. The molecule has 278 valence electrons. The number of hydrogen-bond acceptors (Lipinski definition) is 9. The van der Waals surface area contributed by atoms with Gasteiger partial charge in [-0.1, -0.05) is 43.7 Å². The van der Waals surface area contributed by atoms with Crippen molar-refractivity contribution in [3.63, 3.8) is 0 Å². The predicted molar refractivity (Wildman–Crippen MR) is 204 cm³/mol. The van der Waals surface area contributed by atoms with E-state index in [1.807, 2.05) is 66.0 Å². The van der Waals surface area contributed by atoms with Gasteiger partial charge in [0.1, 0.15) is 22.5 Å². The molecule has 0 amide bonds. The van der Waals surface area contributed by atoms with Crippen molar-refractivity contribution in [2.45, 2.75) is 70.1 Å². The molecule has 3 aliphatic heterocycles. The summed E-state index contributed by atoms with van der Waals surface area (Å²) in [6.07, 6.45) is 16.1. The number of rotatable bonds is 12. The SMILES string of the molecule is CC1(C)C(=CC=C2CCCC(C=CC3=[N+](CCCS(=O)(=O)O)c4ccc(S(=O)(=O)[O-])cc4C3(C)C)=C2Cl)N=C2C1=CC=CN2CCCS(=O)(=O)O.[NaH]. The first kappa shape index (κ1) is 42.6. The van der Waals surface area contributed by atoms with E-state index in [0.29, 0.717) is 29.2 Å². The Morgan fingerprint density at radius 3 is 2.29 bits per heavy atom. The molecule has 0 unspecified atom stereocenters. The van der Waals surface area contributed by atoms with Crippen LogP contribution in [0.15, 0.2) is 98.2 Å². The van der Waals surface area contributed by atoms with E-state index < -0.39 is 46.9 Å². The van der Waals surface area contributed by atoms with Gasteiger partial charge in [0, 0.05) is 52.9 Å². The first-order valence-electron chi connectivity index (χ1n) is 16.5. The summed E-state index contributed by atoms with van der Waals surface area (Å²) in [6.45, 7) is 8.51. The van der Waals surface area contributed by atoms with Crippen molar-refractivity contribution in [2.75, 3.05) is 24.6 Å². The second-order valence-corrected chi connectivity index (χ2v) is 18.9. The second-order valence-electron chi connectivity index (χ2n) is 14.0. The fourth-order valence-electron chi connectivity index (χ4n) is 6.91. The van der Waals surface area contributed by atoms with E-state index in [1.54, 1.807) is 6.07 Å².